The van der Waals surface area contributed by atoms with Crippen LogP contribution in [0.5, 0.6) is 0 Å². The molecular weight excluding hydrogens is 188 g/mol. The minimum atomic E-state index is -0.525. The largest absolute Gasteiger partial charge is 0.368 e. The van der Waals surface area contributed by atoms with E-state index in [1.807, 2.05) is 6.92 Å². The van der Waals surface area contributed by atoms with Gasteiger partial charge in [-0.25, -0.2) is 0 Å². The Balaban J connectivity index is 1.79. The van der Waals surface area contributed by atoms with Crippen LogP contribution in [-0.2, 0) is 4.74 Å². The Morgan fingerprint density at radius 2 is 2.27 bits per heavy atom. The number of aliphatic hydroxyl groups is 1. The highest BCUT2D eigenvalue weighted by Crippen LogP contribution is 2.62. The maximum atomic E-state index is 9.73. The van der Waals surface area contributed by atoms with Gasteiger partial charge in [0.2, 0.25) is 0 Å². The molecule has 0 amide bonds. The molecule has 0 aromatic carbocycles. The predicted octanol–water partition coefficient (Wildman–Crippen LogP) is 2.70. The molecule has 3 saturated carbocycles. The molecule has 0 aromatic heterocycles. The van der Waals surface area contributed by atoms with E-state index < -0.39 is 6.29 Å². The number of rotatable bonds is 3. The van der Waals surface area contributed by atoms with Gasteiger partial charge >= 0.3 is 0 Å². The van der Waals surface area contributed by atoms with Gasteiger partial charge in [-0.2, -0.15) is 0 Å². The third-order valence-electron chi connectivity index (χ3n) is 5.12. The fourth-order valence-electron chi connectivity index (χ4n) is 4.53. The summed E-state index contributed by atoms with van der Waals surface area (Å²) >= 11 is 0. The van der Waals surface area contributed by atoms with Gasteiger partial charge in [0.05, 0.1) is 5.60 Å². The Bertz CT molecular complexity index is 253. The van der Waals surface area contributed by atoms with Gasteiger partial charge < -0.3 is 9.84 Å². The Labute approximate surface area is 92.0 Å². The second kappa shape index (κ2) is 3.46. The minimum Gasteiger partial charge on any atom is -0.368 e. The van der Waals surface area contributed by atoms with Crippen molar-refractivity contribution in [2.45, 2.75) is 63.8 Å². The third kappa shape index (κ3) is 1.38. The number of hydrogen-bond acceptors (Lipinski definition) is 2. The SMILES string of the molecule is CCC(O)OC12CCC(C1)C1CCCC12. The molecule has 15 heavy (non-hydrogen) atoms. The maximum absolute atomic E-state index is 9.73. The first-order valence-electron chi connectivity index (χ1n) is 6.61. The van der Waals surface area contributed by atoms with Gasteiger partial charge in [-0.3, -0.25) is 0 Å². The van der Waals surface area contributed by atoms with Crippen LogP contribution < -0.4 is 0 Å². The molecule has 0 aromatic rings. The molecule has 0 spiro atoms. The molecule has 0 heterocycles. The molecule has 2 bridgehead atoms. The van der Waals surface area contributed by atoms with Gasteiger partial charge in [-0.15, -0.1) is 0 Å². The predicted molar refractivity (Wildman–Crippen MR) is 58.3 cm³/mol. The monoisotopic (exact) mass is 210 g/mol. The van der Waals surface area contributed by atoms with Crippen LogP contribution in [0, 0.1) is 17.8 Å². The van der Waals surface area contributed by atoms with Crippen LogP contribution in [0.4, 0.5) is 0 Å². The summed E-state index contributed by atoms with van der Waals surface area (Å²) in [4.78, 5) is 0. The Hall–Kier alpha value is -0.0800. The first-order valence-corrected chi connectivity index (χ1v) is 6.61. The zero-order valence-corrected chi connectivity index (χ0v) is 9.61. The zero-order chi connectivity index (χ0) is 10.5. The lowest BCUT2D eigenvalue weighted by atomic mass is 9.79. The number of ether oxygens (including phenoxy) is 1. The lowest BCUT2D eigenvalue weighted by Crippen LogP contribution is -2.40. The van der Waals surface area contributed by atoms with Crippen molar-refractivity contribution < 1.29 is 9.84 Å². The van der Waals surface area contributed by atoms with E-state index in [1.54, 1.807) is 0 Å². The van der Waals surface area contributed by atoms with Crippen LogP contribution in [-0.4, -0.2) is 17.0 Å². The third-order valence-corrected chi connectivity index (χ3v) is 5.12. The molecule has 3 aliphatic carbocycles. The molecule has 0 saturated heterocycles. The molecule has 5 atom stereocenters. The summed E-state index contributed by atoms with van der Waals surface area (Å²) in [5.41, 5.74) is 0.0846. The fraction of sp³-hybridized carbons (Fsp3) is 1.00. The van der Waals surface area contributed by atoms with Crippen molar-refractivity contribution in [3.8, 4) is 0 Å². The molecule has 5 unspecified atom stereocenters. The molecule has 2 nitrogen and oxygen atoms in total. The van der Waals surface area contributed by atoms with E-state index in [0.717, 1.165) is 24.2 Å². The van der Waals surface area contributed by atoms with E-state index in [-0.39, 0.29) is 5.60 Å². The number of hydrogen-bond donors (Lipinski definition) is 1. The van der Waals surface area contributed by atoms with Gasteiger partial charge in [0.25, 0.3) is 0 Å². The van der Waals surface area contributed by atoms with Gasteiger partial charge in [0, 0.05) is 0 Å². The summed E-state index contributed by atoms with van der Waals surface area (Å²) in [6.07, 6.45) is 8.14. The standard InChI is InChI=1S/C13H22O2/c1-2-12(14)15-13-7-6-9(8-13)10-4-3-5-11(10)13/h9-12,14H,2-8H2,1H3. The summed E-state index contributed by atoms with van der Waals surface area (Å²) in [6, 6.07) is 0. The maximum Gasteiger partial charge on any atom is 0.155 e. The van der Waals surface area contributed by atoms with Crippen LogP contribution in [0.25, 0.3) is 0 Å². The molecule has 0 aliphatic heterocycles. The smallest absolute Gasteiger partial charge is 0.155 e. The molecule has 0 radical (unpaired) electrons. The molecule has 2 heteroatoms. The highest BCUT2D eigenvalue weighted by atomic mass is 16.6. The Morgan fingerprint density at radius 3 is 3.07 bits per heavy atom. The van der Waals surface area contributed by atoms with E-state index in [2.05, 4.69) is 0 Å². The van der Waals surface area contributed by atoms with Gasteiger partial charge in [-0.05, 0) is 56.3 Å². The van der Waals surface area contributed by atoms with Crippen LogP contribution in [0.3, 0.4) is 0 Å². The van der Waals surface area contributed by atoms with Crippen molar-refractivity contribution in [1.29, 1.82) is 0 Å². The normalized spacial score (nSPS) is 49.6. The van der Waals surface area contributed by atoms with E-state index in [1.165, 1.54) is 38.5 Å². The quantitative estimate of drug-likeness (QED) is 0.726. The average molecular weight is 210 g/mol. The summed E-state index contributed by atoms with van der Waals surface area (Å²) in [5.74, 6) is 2.63. The molecule has 3 rings (SSSR count). The van der Waals surface area contributed by atoms with Crippen molar-refractivity contribution in [3.05, 3.63) is 0 Å². The molecule has 3 aliphatic rings. The lowest BCUT2D eigenvalue weighted by Gasteiger charge is -2.37. The number of fused-ring (bicyclic) bond motifs is 5. The second-order valence-corrected chi connectivity index (χ2v) is 5.75. The summed E-state index contributed by atoms with van der Waals surface area (Å²) in [5, 5.41) is 9.73. The summed E-state index contributed by atoms with van der Waals surface area (Å²) in [7, 11) is 0. The average Bonchev–Trinajstić information content (AvgIpc) is 2.87. The minimum absolute atomic E-state index is 0.0846. The summed E-state index contributed by atoms with van der Waals surface area (Å²) in [6.45, 7) is 1.99. The van der Waals surface area contributed by atoms with Crippen molar-refractivity contribution in [2.75, 3.05) is 0 Å². The first-order chi connectivity index (χ1) is 7.25. The van der Waals surface area contributed by atoms with E-state index >= 15 is 0 Å². The fourth-order valence-corrected chi connectivity index (χ4v) is 4.53. The van der Waals surface area contributed by atoms with Crippen molar-refractivity contribution in [3.63, 3.8) is 0 Å². The molecule has 1 N–H and O–H groups in total. The van der Waals surface area contributed by atoms with Crippen molar-refractivity contribution in [1.82, 2.24) is 0 Å². The van der Waals surface area contributed by atoms with Crippen molar-refractivity contribution in [2.24, 2.45) is 17.8 Å². The van der Waals surface area contributed by atoms with Crippen LogP contribution in [0.1, 0.15) is 51.9 Å². The Morgan fingerprint density at radius 1 is 1.40 bits per heavy atom. The van der Waals surface area contributed by atoms with Gasteiger partial charge in [0.15, 0.2) is 6.29 Å². The van der Waals surface area contributed by atoms with E-state index in [0.29, 0.717) is 0 Å². The summed E-state index contributed by atoms with van der Waals surface area (Å²) < 4.78 is 6.01. The van der Waals surface area contributed by atoms with Gasteiger partial charge in [-0.1, -0.05) is 13.3 Å². The molecule has 86 valence electrons. The van der Waals surface area contributed by atoms with E-state index in [9.17, 15) is 5.11 Å². The van der Waals surface area contributed by atoms with E-state index in [4.69, 9.17) is 4.74 Å². The topological polar surface area (TPSA) is 29.5 Å². The van der Waals surface area contributed by atoms with Crippen molar-refractivity contribution >= 4 is 0 Å². The van der Waals surface area contributed by atoms with Crippen LogP contribution in [0.2, 0.25) is 0 Å². The molecule has 3 fully saturated rings. The first kappa shape index (κ1) is 10.1. The van der Waals surface area contributed by atoms with Crippen LogP contribution >= 0.6 is 0 Å². The lowest BCUT2D eigenvalue weighted by molar-refractivity contribution is -0.200. The highest BCUT2D eigenvalue weighted by Gasteiger charge is 2.60. The second-order valence-electron chi connectivity index (χ2n) is 5.75. The highest BCUT2D eigenvalue weighted by molar-refractivity contribution is 5.10. The van der Waals surface area contributed by atoms with Crippen LogP contribution in [0.15, 0.2) is 0 Å². The Kier molecular flexibility index (Phi) is 2.33. The van der Waals surface area contributed by atoms with Gasteiger partial charge in [0.1, 0.15) is 0 Å². The molecular formula is C13H22O2. The zero-order valence-electron chi connectivity index (χ0n) is 9.61. The number of aliphatic hydroxyl groups excluding tert-OH is 1.